The minimum atomic E-state index is -3.77. The van der Waals surface area contributed by atoms with Gasteiger partial charge in [0.2, 0.25) is 15.7 Å². The highest BCUT2D eigenvalue weighted by atomic mass is 32.2. The Labute approximate surface area is 138 Å². The highest BCUT2D eigenvalue weighted by molar-refractivity contribution is 7.91. The summed E-state index contributed by atoms with van der Waals surface area (Å²) in [6.45, 7) is 0. The Hall–Kier alpha value is -2.74. The van der Waals surface area contributed by atoms with Crippen LogP contribution in [0, 0.1) is 16.0 Å². The molecule has 0 aliphatic heterocycles. The van der Waals surface area contributed by atoms with Gasteiger partial charge in [-0.05, 0) is 49.2 Å². The average molecular weight is 346 g/mol. The maximum Gasteiger partial charge on any atom is 0.269 e. The summed E-state index contributed by atoms with van der Waals surface area (Å²) < 4.78 is 25.0. The Kier molecular flexibility index (Phi) is 4.06. The van der Waals surface area contributed by atoms with E-state index >= 15 is 0 Å². The lowest BCUT2D eigenvalue weighted by Crippen LogP contribution is -2.13. The lowest BCUT2D eigenvalue weighted by molar-refractivity contribution is -0.384. The van der Waals surface area contributed by atoms with Crippen LogP contribution in [0.4, 0.5) is 11.4 Å². The first-order valence-corrected chi connectivity index (χ1v) is 8.77. The number of benzene rings is 2. The highest BCUT2D eigenvalue weighted by Crippen LogP contribution is 2.30. The van der Waals surface area contributed by atoms with Crippen LogP contribution in [-0.4, -0.2) is 19.2 Å². The molecule has 1 aliphatic carbocycles. The van der Waals surface area contributed by atoms with Gasteiger partial charge in [-0.25, -0.2) is 8.42 Å². The van der Waals surface area contributed by atoms with Crippen molar-refractivity contribution >= 4 is 27.1 Å². The zero-order chi connectivity index (χ0) is 17.3. The van der Waals surface area contributed by atoms with Gasteiger partial charge in [-0.3, -0.25) is 14.9 Å². The Morgan fingerprint density at radius 1 is 1.00 bits per heavy atom. The van der Waals surface area contributed by atoms with E-state index in [2.05, 4.69) is 5.32 Å². The molecule has 2 aromatic carbocycles. The Morgan fingerprint density at radius 3 is 1.96 bits per heavy atom. The minimum absolute atomic E-state index is 0.0251. The van der Waals surface area contributed by atoms with E-state index in [1.807, 2.05) is 0 Å². The fourth-order valence-corrected chi connectivity index (χ4v) is 3.45. The number of nitro groups is 1. The summed E-state index contributed by atoms with van der Waals surface area (Å²) in [6, 6.07) is 10.6. The zero-order valence-electron chi connectivity index (χ0n) is 12.5. The van der Waals surface area contributed by atoms with Crippen LogP contribution in [0.1, 0.15) is 12.8 Å². The predicted octanol–water partition coefficient (Wildman–Crippen LogP) is 2.78. The third-order valence-electron chi connectivity index (χ3n) is 3.74. The van der Waals surface area contributed by atoms with Gasteiger partial charge in [0.25, 0.3) is 5.69 Å². The minimum Gasteiger partial charge on any atom is -0.326 e. The van der Waals surface area contributed by atoms with E-state index in [1.54, 1.807) is 0 Å². The van der Waals surface area contributed by atoms with Gasteiger partial charge in [0, 0.05) is 23.7 Å². The van der Waals surface area contributed by atoms with Crippen LogP contribution in [-0.2, 0) is 14.6 Å². The number of nitrogens with zero attached hydrogens (tertiary/aromatic N) is 1. The van der Waals surface area contributed by atoms with E-state index in [0.29, 0.717) is 5.69 Å². The van der Waals surface area contributed by atoms with E-state index in [-0.39, 0.29) is 27.3 Å². The van der Waals surface area contributed by atoms with Crippen LogP contribution < -0.4 is 5.32 Å². The molecular formula is C16H14N2O5S. The number of nitro benzene ring substituents is 1. The highest BCUT2D eigenvalue weighted by Gasteiger charge is 2.29. The second-order valence-corrected chi connectivity index (χ2v) is 7.49. The molecule has 0 saturated heterocycles. The molecule has 0 radical (unpaired) electrons. The Bertz CT molecular complexity index is 885. The summed E-state index contributed by atoms with van der Waals surface area (Å²) in [5.74, 6) is 0.00879. The average Bonchev–Trinajstić information content (AvgIpc) is 3.40. The molecule has 0 bridgehead atoms. The Morgan fingerprint density at radius 2 is 1.50 bits per heavy atom. The lowest BCUT2D eigenvalue weighted by atomic mass is 10.3. The van der Waals surface area contributed by atoms with Crippen molar-refractivity contribution < 1.29 is 18.1 Å². The summed E-state index contributed by atoms with van der Waals surface area (Å²) in [4.78, 5) is 21.8. The number of sulfone groups is 1. The van der Waals surface area contributed by atoms with Crippen molar-refractivity contribution in [1.82, 2.24) is 0 Å². The van der Waals surface area contributed by atoms with E-state index in [4.69, 9.17) is 0 Å². The number of nitrogens with one attached hydrogen (secondary N) is 1. The summed E-state index contributed by atoms with van der Waals surface area (Å²) >= 11 is 0. The number of carbonyl (C=O) groups is 1. The third-order valence-corrected chi connectivity index (χ3v) is 5.52. The number of non-ortho nitro benzene ring substituents is 1. The number of hydrogen-bond donors (Lipinski definition) is 1. The maximum absolute atomic E-state index is 12.5. The van der Waals surface area contributed by atoms with Crippen LogP contribution in [0.2, 0.25) is 0 Å². The third kappa shape index (κ3) is 3.28. The van der Waals surface area contributed by atoms with Crippen molar-refractivity contribution in [2.75, 3.05) is 5.32 Å². The quantitative estimate of drug-likeness (QED) is 0.662. The van der Waals surface area contributed by atoms with Gasteiger partial charge in [0.05, 0.1) is 14.7 Å². The van der Waals surface area contributed by atoms with Crippen molar-refractivity contribution in [3.8, 4) is 0 Å². The van der Waals surface area contributed by atoms with Crippen LogP contribution in [0.25, 0.3) is 0 Å². The summed E-state index contributed by atoms with van der Waals surface area (Å²) in [5.41, 5.74) is 0.363. The molecule has 1 saturated carbocycles. The van der Waals surface area contributed by atoms with Gasteiger partial charge in [0.1, 0.15) is 0 Å². The molecule has 0 spiro atoms. The standard InChI is InChI=1S/C16H14N2O5S/c19-16(11-1-2-11)17-12-3-7-14(8-4-12)24(22,23)15-9-5-13(6-10-15)18(20)21/h3-11H,1-2H2,(H,17,19). The molecule has 24 heavy (non-hydrogen) atoms. The smallest absolute Gasteiger partial charge is 0.269 e. The summed E-state index contributed by atoms with van der Waals surface area (Å²) in [6.07, 6.45) is 1.77. The summed E-state index contributed by atoms with van der Waals surface area (Å²) in [7, 11) is -3.77. The first-order chi connectivity index (χ1) is 11.4. The predicted molar refractivity (Wildman–Crippen MR) is 86.3 cm³/mol. The molecule has 1 amide bonds. The molecule has 0 unspecified atom stereocenters. The van der Waals surface area contributed by atoms with Gasteiger partial charge >= 0.3 is 0 Å². The summed E-state index contributed by atoms with van der Waals surface area (Å²) in [5, 5.41) is 13.4. The topological polar surface area (TPSA) is 106 Å². The van der Waals surface area contributed by atoms with Crippen LogP contribution >= 0.6 is 0 Å². The van der Waals surface area contributed by atoms with Gasteiger partial charge in [-0.15, -0.1) is 0 Å². The van der Waals surface area contributed by atoms with Crippen molar-refractivity contribution in [2.45, 2.75) is 22.6 Å². The van der Waals surface area contributed by atoms with Crippen molar-refractivity contribution in [3.63, 3.8) is 0 Å². The van der Waals surface area contributed by atoms with Crippen LogP contribution in [0.15, 0.2) is 58.3 Å². The number of anilines is 1. The number of hydrogen-bond acceptors (Lipinski definition) is 5. The molecule has 0 atom stereocenters. The molecule has 0 heterocycles. The van der Waals surface area contributed by atoms with Crippen molar-refractivity contribution in [3.05, 3.63) is 58.6 Å². The van der Waals surface area contributed by atoms with Gasteiger partial charge < -0.3 is 5.32 Å². The van der Waals surface area contributed by atoms with Gasteiger partial charge in [0.15, 0.2) is 0 Å². The van der Waals surface area contributed by atoms with Crippen LogP contribution in [0.3, 0.4) is 0 Å². The van der Waals surface area contributed by atoms with E-state index < -0.39 is 14.8 Å². The lowest BCUT2D eigenvalue weighted by Gasteiger charge is -2.07. The number of carbonyl (C=O) groups excluding carboxylic acids is 1. The molecule has 8 heteroatoms. The number of rotatable bonds is 5. The Balaban J connectivity index is 1.81. The second kappa shape index (κ2) is 6.04. The first kappa shape index (κ1) is 16.1. The van der Waals surface area contributed by atoms with Crippen molar-refractivity contribution in [1.29, 1.82) is 0 Å². The van der Waals surface area contributed by atoms with Gasteiger partial charge in [-0.1, -0.05) is 0 Å². The van der Waals surface area contributed by atoms with Crippen molar-refractivity contribution in [2.24, 2.45) is 5.92 Å². The fourth-order valence-electron chi connectivity index (χ4n) is 2.19. The zero-order valence-corrected chi connectivity index (χ0v) is 13.3. The van der Waals surface area contributed by atoms with Gasteiger partial charge in [-0.2, -0.15) is 0 Å². The molecule has 1 N–H and O–H groups in total. The monoisotopic (exact) mass is 346 g/mol. The van der Waals surface area contributed by atoms with E-state index in [9.17, 15) is 23.3 Å². The molecule has 7 nitrogen and oxygen atoms in total. The number of amides is 1. The second-order valence-electron chi connectivity index (χ2n) is 5.54. The molecule has 3 rings (SSSR count). The fraction of sp³-hybridized carbons (Fsp3) is 0.188. The normalized spacial score (nSPS) is 14.2. The van der Waals surface area contributed by atoms with Crippen LogP contribution in [0.5, 0.6) is 0 Å². The molecule has 0 aromatic heterocycles. The molecular weight excluding hydrogens is 332 g/mol. The van der Waals surface area contributed by atoms with E-state index in [1.165, 1.54) is 36.4 Å². The molecule has 124 valence electrons. The SMILES string of the molecule is O=C(Nc1ccc(S(=O)(=O)c2ccc([N+](=O)[O-])cc2)cc1)C1CC1. The molecule has 1 aliphatic rings. The first-order valence-electron chi connectivity index (χ1n) is 7.28. The maximum atomic E-state index is 12.5. The van der Waals surface area contributed by atoms with E-state index in [0.717, 1.165) is 25.0 Å². The molecule has 1 fully saturated rings. The molecule has 2 aromatic rings. The largest absolute Gasteiger partial charge is 0.326 e.